The van der Waals surface area contributed by atoms with Gasteiger partial charge >= 0.3 is 0 Å². The number of phenols is 1. The molecule has 3 rings (SSSR count). The van der Waals surface area contributed by atoms with E-state index in [1.54, 1.807) is 36.4 Å². The molecular weight excluding hydrogens is 356 g/mol. The second-order valence-electron chi connectivity index (χ2n) is 5.67. The summed E-state index contributed by atoms with van der Waals surface area (Å²) in [4.78, 5) is 16.7. The van der Waals surface area contributed by atoms with Gasteiger partial charge in [0.25, 0.3) is 5.91 Å². The second kappa shape index (κ2) is 7.49. The molecule has 1 aromatic heterocycles. The van der Waals surface area contributed by atoms with Gasteiger partial charge in [0, 0.05) is 5.02 Å². The summed E-state index contributed by atoms with van der Waals surface area (Å²) >= 11 is 6.02. The third kappa shape index (κ3) is 3.81. The molecule has 2 N–H and O–H groups in total. The predicted octanol–water partition coefficient (Wildman–Crippen LogP) is 4.20. The van der Waals surface area contributed by atoms with Gasteiger partial charge in [-0.2, -0.15) is 0 Å². The summed E-state index contributed by atoms with van der Waals surface area (Å²) in [7, 11) is 1.53. The van der Waals surface area contributed by atoms with Gasteiger partial charge in [-0.05, 0) is 42.8 Å². The number of rotatable bonds is 5. The topological polar surface area (TPSA) is 84.6 Å². The normalized spacial score (nSPS) is 11.8. The molecule has 0 aliphatic heterocycles. The number of ether oxygens (including phenoxy) is 1. The Bertz CT molecular complexity index is 939. The minimum atomic E-state index is -0.392. The maximum atomic E-state index is 12.4. The standard InChI is InChI=1S/C19H17ClN2O4/c1-11(12-4-3-5-14(23)8-12)21-18(24)16-10-26-19(22-16)15-9-13(20)6-7-17(15)25-2/h3-11,23H,1-2H3,(H,21,24). The van der Waals surface area contributed by atoms with Gasteiger partial charge in [0.2, 0.25) is 5.89 Å². The molecule has 134 valence electrons. The van der Waals surface area contributed by atoms with Crippen molar-refractivity contribution in [2.45, 2.75) is 13.0 Å². The molecule has 0 aliphatic carbocycles. The Balaban J connectivity index is 1.79. The van der Waals surface area contributed by atoms with Gasteiger partial charge in [-0.15, -0.1) is 0 Å². The molecule has 0 radical (unpaired) electrons. The molecule has 1 unspecified atom stereocenters. The Morgan fingerprint density at radius 1 is 1.31 bits per heavy atom. The fourth-order valence-electron chi connectivity index (χ4n) is 2.50. The lowest BCUT2D eigenvalue weighted by atomic mass is 10.1. The van der Waals surface area contributed by atoms with Crippen molar-refractivity contribution in [2.24, 2.45) is 0 Å². The molecule has 0 saturated carbocycles. The number of oxazole rings is 1. The van der Waals surface area contributed by atoms with Gasteiger partial charge in [0.1, 0.15) is 17.8 Å². The molecule has 1 amide bonds. The van der Waals surface area contributed by atoms with E-state index in [4.69, 9.17) is 20.8 Å². The number of aromatic hydroxyl groups is 1. The van der Waals surface area contributed by atoms with E-state index in [0.29, 0.717) is 16.3 Å². The summed E-state index contributed by atoms with van der Waals surface area (Å²) in [6.07, 6.45) is 1.28. The number of nitrogens with zero attached hydrogens (tertiary/aromatic N) is 1. The number of carbonyl (C=O) groups is 1. The highest BCUT2D eigenvalue weighted by Gasteiger charge is 2.18. The number of benzene rings is 2. The molecule has 0 spiro atoms. The van der Waals surface area contributed by atoms with Gasteiger partial charge < -0.3 is 19.6 Å². The molecule has 0 bridgehead atoms. The van der Waals surface area contributed by atoms with Crippen LogP contribution in [-0.4, -0.2) is 23.1 Å². The van der Waals surface area contributed by atoms with Crippen molar-refractivity contribution < 1.29 is 19.1 Å². The lowest BCUT2D eigenvalue weighted by Crippen LogP contribution is -2.26. The fourth-order valence-corrected chi connectivity index (χ4v) is 2.67. The summed E-state index contributed by atoms with van der Waals surface area (Å²) < 4.78 is 10.7. The maximum Gasteiger partial charge on any atom is 0.273 e. The molecule has 1 heterocycles. The highest BCUT2D eigenvalue weighted by atomic mass is 35.5. The van der Waals surface area contributed by atoms with Gasteiger partial charge in [-0.3, -0.25) is 4.79 Å². The fraction of sp³-hybridized carbons (Fsp3) is 0.158. The summed E-state index contributed by atoms with van der Waals surface area (Å²) in [5.41, 5.74) is 1.47. The molecule has 26 heavy (non-hydrogen) atoms. The number of aromatic nitrogens is 1. The highest BCUT2D eigenvalue weighted by molar-refractivity contribution is 6.30. The van der Waals surface area contributed by atoms with E-state index in [-0.39, 0.29) is 23.4 Å². The van der Waals surface area contributed by atoms with Crippen molar-refractivity contribution in [1.29, 1.82) is 0 Å². The SMILES string of the molecule is COc1ccc(Cl)cc1-c1nc(C(=O)NC(C)c2cccc(O)c2)co1. The van der Waals surface area contributed by atoms with E-state index in [1.165, 1.54) is 13.4 Å². The Hall–Kier alpha value is -2.99. The Labute approximate surface area is 155 Å². The van der Waals surface area contributed by atoms with E-state index < -0.39 is 5.91 Å². The monoisotopic (exact) mass is 372 g/mol. The molecule has 6 nitrogen and oxygen atoms in total. The van der Waals surface area contributed by atoms with Crippen molar-refractivity contribution in [3.63, 3.8) is 0 Å². The third-order valence-electron chi connectivity index (χ3n) is 3.85. The van der Waals surface area contributed by atoms with Crippen molar-refractivity contribution >= 4 is 17.5 Å². The first-order chi connectivity index (χ1) is 12.5. The summed E-state index contributed by atoms with van der Waals surface area (Å²) in [6, 6.07) is 11.4. The van der Waals surface area contributed by atoms with Crippen molar-refractivity contribution in [3.05, 3.63) is 65.0 Å². The van der Waals surface area contributed by atoms with Crippen LogP contribution >= 0.6 is 11.6 Å². The second-order valence-corrected chi connectivity index (χ2v) is 6.11. The predicted molar refractivity (Wildman–Crippen MR) is 97.5 cm³/mol. The lowest BCUT2D eigenvalue weighted by molar-refractivity contribution is 0.0934. The van der Waals surface area contributed by atoms with Crippen LogP contribution in [0.3, 0.4) is 0 Å². The van der Waals surface area contributed by atoms with Crippen molar-refractivity contribution in [2.75, 3.05) is 7.11 Å². The highest BCUT2D eigenvalue weighted by Crippen LogP contribution is 2.32. The van der Waals surface area contributed by atoms with Crippen molar-refractivity contribution in [1.82, 2.24) is 10.3 Å². The van der Waals surface area contributed by atoms with Crippen LogP contribution in [0.1, 0.15) is 29.0 Å². The van der Waals surface area contributed by atoms with Crippen LogP contribution in [-0.2, 0) is 0 Å². The van der Waals surface area contributed by atoms with Gasteiger partial charge in [0.15, 0.2) is 5.69 Å². The Morgan fingerprint density at radius 3 is 2.85 bits per heavy atom. The zero-order chi connectivity index (χ0) is 18.7. The first-order valence-electron chi connectivity index (χ1n) is 7.87. The van der Waals surface area contributed by atoms with Gasteiger partial charge in [-0.25, -0.2) is 4.98 Å². The number of hydrogen-bond donors (Lipinski definition) is 2. The van der Waals surface area contributed by atoms with Crippen LogP contribution in [0.15, 0.2) is 53.1 Å². The Morgan fingerprint density at radius 2 is 2.12 bits per heavy atom. The average molecular weight is 373 g/mol. The van der Waals surface area contributed by atoms with Gasteiger partial charge in [-0.1, -0.05) is 23.7 Å². The van der Waals surface area contributed by atoms with Crippen molar-refractivity contribution in [3.8, 4) is 23.0 Å². The summed E-state index contributed by atoms with van der Waals surface area (Å²) in [5.74, 6) is 0.521. The number of halogens is 1. The number of nitrogens with one attached hydrogen (secondary N) is 1. The first-order valence-corrected chi connectivity index (χ1v) is 8.25. The molecule has 1 atom stereocenters. The number of methoxy groups -OCH3 is 1. The molecule has 2 aromatic carbocycles. The third-order valence-corrected chi connectivity index (χ3v) is 4.08. The van der Waals surface area contributed by atoms with Gasteiger partial charge in [0.05, 0.1) is 18.7 Å². The quantitative estimate of drug-likeness (QED) is 0.701. The van der Waals surface area contributed by atoms with E-state index in [9.17, 15) is 9.90 Å². The number of carbonyl (C=O) groups excluding carboxylic acids is 1. The van der Waals surface area contributed by atoms with Crippen LogP contribution in [0.2, 0.25) is 5.02 Å². The van der Waals surface area contributed by atoms with E-state index in [2.05, 4.69) is 10.3 Å². The Kier molecular flexibility index (Phi) is 5.14. The molecule has 0 saturated heterocycles. The summed E-state index contributed by atoms with van der Waals surface area (Å²) in [6.45, 7) is 1.81. The van der Waals surface area contributed by atoms with Crippen LogP contribution in [0.5, 0.6) is 11.5 Å². The number of amides is 1. The number of hydrogen-bond acceptors (Lipinski definition) is 5. The van der Waals surface area contributed by atoms with Crippen LogP contribution < -0.4 is 10.1 Å². The minimum absolute atomic E-state index is 0.133. The van der Waals surface area contributed by atoms with E-state index in [0.717, 1.165) is 5.56 Å². The zero-order valence-electron chi connectivity index (χ0n) is 14.2. The maximum absolute atomic E-state index is 12.4. The van der Waals surface area contributed by atoms with Crippen LogP contribution in [0.25, 0.3) is 11.5 Å². The largest absolute Gasteiger partial charge is 0.508 e. The van der Waals surface area contributed by atoms with Crippen LogP contribution in [0.4, 0.5) is 0 Å². The zero-order valence-corrected chi connectivity index (χ0v) is 14.9. The molecular formula is C19H17ClN2O4. The molecule has 0 aliphatic rings. The smallest absolute Gasteiger partial charge is 0.273 e. The van der Waals surface area contributed by atoms with E-state index in [1.807, 2.05) is 13.0 Å². The molecule has 7 heteroatoms. The molecule has 0 fully saturated rings. The minimum Gasteiger partial charge on any atom is -0.508 e. The van der Waals surface area contributed by atoms with E-state index >= 15 is 0 Å². The average Bonchev–Trinajstić information content (AvgIpc) is 3.11. The van der Waals surface area contributed by atoms with Crippen LogP contribution in [0, 0.1) is 0 Å². The summed E-state index contributed by atoms with van der Waals surface area (Å²) in [5, 5.41) is 12.9. The number of phenolic OH excluding ortho intramolecular Hbond substituents is 1. The molecule has 3 aromatic rings. The lowest BCUT2D eigenvalue weighted by Gasteiger charge is -2.13. The first kappa shape index (κ1) is 17.8.